The Hall–Kier alpha value is -2.28. The molecule has 0 aromatic carbocycles. The molecule has 0 spiro atoms. The molecular formula is C13H28N4O8. The van der Waals surface area contributed by atoms with Crippen LogP contribution in [0.1, 0.15) is 32.1 Å². The highest BCUT2D eigenvalue weighted by Crippen LogP contribution is 1.91. The third kappa shape index (κ3) is 26.9. The molecule has 0 amide bonds. The molecule has 0 aromatic heterocycles. The quantitative estimate of drug-likeness (QED) is 0.205. The van der Waals surface area contributed by atoms with Gasteiger partial charge >= 0.3 is 23.9 Å². The molecule has 2 unspecified atom stereocenters. The van der Waals surface area contributed by atoms with E-state index >= 15 is 0 Å². The summed E-state index contributed by atoms with van der Waals surface area (Å²) in [6, 6.07) is -2.03. The van der Waals surface area contributed by atoms with Crippen LogP contribution >= 0.6 is 0 Å². The molecule has 0 fully saturated rings. The van der Waals surface area contributed by atoms with Gasteiger partial charge in [0.15, 0.2) is 0 Å². The van der Waals surface area contributed by atoms with Gasteiger partial charge in [-0.1, -0.05) is 0 Å². The molecule has 0 aromatic rings. The molecule has 0 heterocycles. The average Bonchev–Trinajstić information content (AvgIpc) is 2.50. The van der Waals surface area contributed by atoms with Crippen molar-refractivity contribution in [2.75, 3.05) is 13.1 Å². The molecule has 12 nitrogen and oxygen atoms in total. The number of aliphatic carboxylic acids is 4. The third-order valence-corrected chi connectivity index (χ3v) is 2.34. The van der Waals surface area contributed by atoms with Crippen LogP contribution < -0.4 is 22.9 Å². The Morgan fingerprint density at radius 1 is 0.720 bits per heavy atom. The lowest BCUT2D eigenvalue weighted by molar-refractivity contribution is -0.144. The van der Waals surface area contributed by atoms with Gasteiger partial charge in [0.25, 0.3) is 0 Å². The van der Waals surface area contributed by atoms with Crippen molar-refractivity contribution in [2.24, 2.45) is 22.9 Å². The number of hydrogen-bond donors (Lipinski definition) is 8. The van der Waals surface area contributed by atoms with E-state index in [1.807, 2.05) is 0 Å². The maximum absolute atomic E-state index is 10.0. The van der Waals surface area contributed by atoms with Gasteiger partial charge in [0.1, 0.15) is 12.1 Å². The molecule has 0 saturated carbocycles. The van der Waals surface area contributed by atoms with E-state index in [0.29, 0.717) is 32.4 Å². The molecule has 25 heavy (non-hydrogen) atoms. The fourth-order valence-corrected chi connectivity index (χ4v) is 0.990. The van der Waals surface area contributed by atoms with Crippen molar-refractivity contribution in [2.45, 2.75) is 44.2 Å². The summed E-state index contributed by atoms with van der Waals surface area (Å²) in [6.45, 7) is 0.966. The molecule has 0 radical (unpaired) electrons. The first-order valence-electron chi connectivity index (χ1n) is 7.30. The number of carboxylic acid groups (broad SMARTS) is 4. The third-order valence-electron chi connectivity index (χ3n) is 2.34. The topological polar surface area (TPSA) is 253 Å². The van der Waals surface area contributed by atoms with Gasteiger partial charge < -0.3 is 43.4 Å². The Labute approximate surface area is 144 Å². The van der Waals surface area contributed by atoms with E-state index in [-0.39, 0.29) is 6.42 Å². The molecule has 12 heteroatoms. The van der Waals surface area contributed by atoms with E-state index in [0.717, 1.165) is 0 Å². The highest BCUT2D eigenvalue weighted by Gasteiger charge is 2.14. The zero-order valence-corrected chi connectivity index (χ0v) is 13.8. The van der Waals surface area contributed by atoms with E-state index in [1.54, 1.807) is 0 Å². The largest absolute Gasteiger partial charge is 0.481 e. The van der Waals surface area contributed by atoms with Crippen molar-refractivity contribution in [3.05, 3.63) is 0 Å². The van der Waals surface area contributed by atoms with Crippen LogP contribution in [0.5, 0.6) is 0 Å². The zero-order valence-electron chi connectivity index (χ0n) is 13.8. The number of carbonyl (C=O) groups is 4. The highest BCUT2D eigenvalue weighted by molar-refractivity contribution is 5.80. The first kappa shape index (κ1) is 27.6. The number of carboxylic acids is 4. The van der Waals surface area contributed by atoms with E-state index in [2.05, 4.69) is 0 Å². The standard InChI is InChI=1S/C5H12N2O2.C4H7NO4.C4H9NO2/c6-3-1-2-4(7)5(8)9;5-2(4(8)9)1-3(6)7;5-3-1-2-4(6)7/h4H,1-3,6-7H2,(H,8,9);2H,1,5H2,(H,6,7)(H,8,9);1-3,5H2,(H,6,7). The predicted molar refractivity (Wildman–Crippen MR) is 87.7 cm³/mol. The van der Waals surface area contributed by atoms with Crippen LogP contribution in [0, 0.1) is 0 Å². The maximum atomic E-state index is 10.0. The van der Waals surface area contributed by atoms with Gasteiger partial charge in [0, 0.05) is 6.42 Å². The number of nitrogens with two attached hydrogens (primary N) is 4. The van der Waals surface area contributed by atoms with Crippen LogP contribution in [0.15, 0.2) is 0 Å². The molecule has 0 aliphatic carbocycles. The van der Waals surface area contributed by atoms with Crippen LogP contribution in [0.3, 0.4) is 0 Å². The summed E-state index contributed by atoms with van der Waals surface area (Å²) < 4.78 is 0. The summed E-state index contributed by atoms with van der Waals surface area (Å²) in [6.07, 6.45) is 1.38. The van der Waals surface area contributed by atoms with Crippen molar-refractivity contribution < 1.29 is 39.6 Å². The lowest BCUT2D eigenvalue weighted by atomic mass is 10.2. The summed E-state index contributed by atoms with van der Waals surface area (Å²) in [5, 5.41) is 32.3. The highest BCUT2D eigenvalue weighted by atomic mass is 16.4. The fraction of sp³-hybridized carbons (Fsp3) is 0.692. The average molecular weight is 368 g/mol. The number of rotatable bonds is 10. The van der Waals surface area contributed by atoms with Crippen LogP contribution in [0.2, 0.25) is 0 Å². The van der Waals surface area contributed by atoms with Gasteiger partial charge in [-0.25, -0.2) is 0 Å². The van der Waals surface area contributed by atoms with Gasteiger partial charge in [-0.3, -0.25) is 19.2 Å². The smallest absolute Gasteiger partial charge is 0.321 e. The Morgan fingerprint density at radius 2 is 1.16 bits per heavy atom. The molecule has 0 aliphatic rings. The fourth-order valence-electron chi connectivity index (χ4n) is 0.990. The van der Waals surface area contributed by atoms with Crippen molar-refractivity contribution in [1.29, 1.82) is 0 Å². The van der Waals surface area contributed by atoms with Crippen molar-refractivity contribution >= 4 is 23.9 Å². The molecule has 148 valence electrons. The molecular weight excluding hydrogens is 340 g/mol. The van der Waals surface area contributed by atoms with Crippen molar-refractivity contribution in [3.8, 4) is 0 Å². The summed E-state index contributed by atoms with van der Waals surface area (Å²) in [5.41, 5.74) is 20.1. The minimum Gasteiger partial charge on any atom is -0.481 e. The molecule has 0 aliphatic heterocycles. The first-order valence-corrected chi connectivity index (χ1v) is 7.30. The first-order chi connectivity index (χ1) is 11.5. The minimum absolute atomic E-state index is 0.191. The van der Waals surface area contributed by atoms with Crippen LogP contribution in [0.4, 0.5) is 0 Å². The summed E-state index contributed by atoms with van der Waals surface area (Å²) in [5.74, 6) is -4.23. The zero-order chi connectivity index (χ0) is 20.4. The van der Waals surface area contributed by atoms with Gasteiger partial charge in [0.05, 0.1) is 6.42 Å². The summed E-state index contributed by atoms with van der Waals surface area (Å²) in [7, 11) is 0. The van der Waals surface area contributed by atoms with Crippen molar-refractivity contribution in [1.82, 2.24) is 0 Å². The van der Waals surface area contributed by atoms with Crippen LogP contribution in [-0.4, -0.2) is 69.5 Å². The summed E-state index contributed by atoms with van der Waals surface area (Å²) >= 11 is 0. The second kappa shape index (κ2) is 18.1. The summed E-state index contributed by atoms with van der Waals surface area (Å²) in [4.78, 5) is 39.4. The van der Waals surface area contributed by atoms with Gasteiger partial charge in [-0.15, -0.1) is 0 Å². The Kier molecular flexibility index (Phi) is 19.9. The van der Waals surface area contributed by atoms with Gasteiger partial charge in [0.2, 0.25) is 0 Å². The maximum Gasteiger partial charge on any atom is 0.321 e. The monoisotopic (exact) mass is 368 g/mol. The van der Waals surface area contributed by atoms with E-state index < -0.39 is 42.4 Å². The lowest BCUT2D eigenvalue weighted by Crippen LogP contribution is -2.32. The lowest BCUT2D eigenvalue weighted by Gasteiger charge is -2.02. The number of hydrogen-bond acceptors (Lipinski definition) is 8. The van der Waals surface area contributed by atoms with Gasteiger partial charge in [-0.05, 0) is 32.4 Å². The van der Waals surface area contributed by atoms with Crippen LogP contribution in [0.25, 0.3) is 0 Å². The molecule has 12 N–H and O–H groups in total. The van der Waals surface area contributed by atoms with Crippen LogP contribution in [-0.2, 0) is 19.2 Å². The second-order valence-electron chi connectivity index (χ2n) is 4.70. The Morgan fingerprint density at radius 3 is 1.36 bits per heavy atom. The van der Waals surface area contributed by atoms with Gasteiger partial charge in [-0.2, -0.15) is 0 Å². The Bertz CT molecular complexity index is 405. The second-order valence-corrected chi connectivity index (χ2v) is 4.70. The SMILES string of the molecule is NC(CC(=O)O)C(=O)O.NCCCC(=O)O.NCCCC(N)C(=O)O. The Balaban J connectivity index is -0.000000293. The molecule has 2 atom stereocenters. The van der Waals surface area contributed by atoms with E-state index in [9.17, 15) is 19.2 Å². The predicted octanol–water partition coefficient (Wildman–Crippen LogP) is -2.18. The van der Waals surface area contributed by atoms with Crippen molar-refractivity contribution in [3.63, 3.8) is 0 Å². The van der Waals surface area contributed by atoms with E-state index in [4.69, 9.17) is 43.4 Å². The minimum atomic E-state index is -1.29. The van der Waals surface area contributed by atoms with E-state index in [1.165, 1.54) is 0 Å². The molecule has 0 saturated heterocycles. The normalized spacial score (nSPS) is 11.7. The molecule has 0 rings (SSSR count). The molecule has 0 bridgehead atoms.